The number of rotatable bonds is 5. The SMILES string of the molecule is CC(C)(C)OC(=O)NCc1cn2cccc(-c3ccccc3OCC(F)(F)F)c2n1. The molecule has 0 aliphatic heterocycles. The summed E-state index contributed by atoms with van der Waals surface area (Å²) < 4.78 is 49.7. The van der Waals surface area contributed by atoms with Gasteiger partial charge in [-0.05, 0) is 39.0 Å². The van der Waals surface area contributed by atoms with Gasteiger partial charge < -0.3 is 19.2 Å². The summed E-state index contributed by atoms with van der Waals surface area (Å²) in [6.07, 6.45) is -1.50. The summed E-state index contributed by atoms with van der Waals surface area (Å²) in [5.74, 6) is 0.111. The highest BCUT2D eigenvalue weighted by atomic mass is 19.4. The van der Waals surface area contributed by atoms with Gasteiger partial charge in [-0.2, -0.15) is 13.2 Å². The smallest absolute Gasteiger partial charge is 0.422 e. The molecule has 0 unspecified atom stereocenters. The van der Waals surface area contributed by atoms with Crippen LogP contribution in [0.5, 0.6) is 5.75 Å². The molecule has 0 aliphatic carbocycles. The number of aromatic nitrogens is 2. The third-order valence-electron chi connectivity index (χ3n) is 3.91. The second-order valence-corrected chi connectivity index (χ2v) is 7.64. The number of alkyl halides is 3. The zero-order valence-corrected chi connectivity index (χ0v) is 16.8. The van der Waals surface area contributed by atoms with Crippen LogP contribution in [0.4, 0.5) is 18.0 Å². The van der Waals surface area contributed by atoms with Crippen molar-refractivity contribution in [2.24, 2.45) is 0 Å². The van der Waals surface area contributed by atoms with Crippen LogP contribution in [0, 0.1) is 0 Å². The number of nitrogens with one attached hydrogen (secondary N) is 1. The monoisotopic (exact) mass is 421 g/mol. The van der Waals surface area contributed by atoms with Gasteiger partial charge in [0.15, 0.2) is 6.61 Å². The second kappa shape index (κ2) is 8.25. The van der Waals surface area contributed by atoms with E-state index in [1.165, 1.54) is 6.07 Å². The quantitative estimate of drug-likeness (QED) is 0.632. The van der Waals surface area contributed by atoms with E-state index in [0.717, 1.165) is 0 Å². The molecule has 1 aromatic carbocycles. The number of amides is 1. The Labute approximate surface area is 171 Å². The van der Waals surface area contributed by atoms with Gasteiger partial charge in [0.05, 0.1) is 12.2 Å². The van der Waals surface area contributed by atoms with Gasteiger partial charge in [-0.25, -0.2) is 9.78 Å². The van der Waals surface area contributed by atoms with Crippen LogP contribution >= 0.6 is 0 Å². The molecule has 0 saturated heterocycles. The lowest BCUT2D eigenvalue weighted by molar-refractivity contribution is -0.153. The molecule has 0 fully saturated rings. The molecule has 0 saturated carbocycles. The number of para-hydroxylation sites is 1. The number of halogens is 3. The lowest BCUT2D eigenvalue weighted by atomic mass is 10.1. The fourth-order valence-corrected chi connectivity index (χ4v) is 2.81. The first-order chi connectivity index (χ1) is 14.0. The lowest BCUT2D eigenvalue weighted by Gasteiger charge is -2.19. The Morgan fingerprint density at radius 2 is 1.80 bits per heavy atom. The van der Waals surface area contributed by atoms with Crippen LogP contribution in [0.3, 0.4) is 0 Å². The van der Waals surface area contributed by atoms with Gasteiger partial charge in [-0.1, -0.05) is 18.2 Å². The van der Waals surface area contributed by atoms with E-state index in [0.29, 0.717) is 22.5 Å². The molecule has 2 aromatic heterocycles. The average molecular weight is 421 g/mol. The van der Waals surface area contributed by atoms with E-state index >= 15 is 0 Å². The zero-order chi connectivity index (χ0) is 21.9. The van der Waals surface area contributed by atoms with Crippen molar-refractivity contribution in [1.29, 1.82) is 0 Å². The molecule has 1 N–H and O–H groups in total. The molecule has 160 valence electrons. The van der Waals surface area contributed by atoms with E-state index in [-0.39, 0.29) is 12.3 Å². The maximum Gasteiger partial charge on any atom is 0.422 e. The number of nitrogens with zero attached hydrogens (tertiary/aromatic N) is 2. The fraction of sp³-hybridized carbons (Fsp3) is 0.333. The molecule has 1 amide bonds. The average Bonchev–Trinajstić information content (AvgIpc) is 3.06. The van der Waals surface area contributed by atoms with Crippen LogP contribution in [0.2, 0.25) is 0 Å². The molecule has 30 heavy (non-hydrogen) atoms. The van der Waals surface area contributed by atoms with Crippen molar-refractivity contribution in [1.82, 2.24) is 14.7 Å². The van der Waals surface area contributed by atoms with Crippen molar-refractivity contribution in [3.63, 3.8) is 0 Å². The molecule has 0 spiro atoms. The number of benzene rings is 1. The summed E-state index contributed by atoms with van der Waals surface area (Å²) in [4.78, 5) is 16.4. The number of carbonyl (C=O) groups excluding carboxylic acids is 1. The van der Waals surface area contributed by atoms with Crippen molar-refractivity contribution in [3.8, 4) is 16.9 Å². The molecular weight excluding hydrogens is 399 g/mol. The summed E-state index contributed by atoms with van der Waals surface area (Å²) in [6.45, 7) is 4.06. The Morgan fingerprint density at radius 1 is 1.10 bits per heavy atom. The van der Waals surface area contributed by atoms with E-state index < -0.39 is 24.5 Å². The van der Waals surface area contributed by atoms with Crippen LogP contribution in [-0.4, -0.2) is 33.9 Å². The summed E-state index contributed by atoms with van der Waals surface area (Å²) in [7, 11) is 0. The van der Waals surface area contributed by atoms with Crippen LogP contribution in [-0.2, 0) is 11.3 Å². The van der Waals surface area contributed by atoms with E-state index in [1.807, 2.05) is 0 Å². The van der Waals surface area contributed by atoms with E-state index in [4.69, 9.17) is 9.47 Å². The normalized spacial score (nSPS) is 12.1. The van der Waals surface area contributed by atoms with Crippen LogP contribution < -0.4 is 10.1 Å². The number of fused-ring (bicyclic) bond motifs is 1. The summed E-state index contributed by atoms with van der Waals surface area (Å²) in [5.41, 5.74) is 1.59. The topological polar surface area (TPSA) is 64.9 Å². The van der Waals surface area contributed by atoms with Crippen molar-refractivity contribution < 1.29 is 27.4 Å². The molecule has 3 aromatic rings. The maximum absolute atomic E-state index is 12.6. The summed E-state index contributed by atoms with van der Waals surface area (Å²) in [6, 6.07) is 10.00. The third-order valence-corrected chi connectivity index (χ3v) is 3.91. The highest BCUT2D eigenvalue weighted by Crippen LogP contribution is 2.33. The Balaban J connectivity index is 1.86. The predicted molar refractivity (Wildman–Crippen MR) is 105 cm³/mol. The standard InChI is InChI=1S/C21H22F3N3O3/c1-20(2,3)30-19(28)25-11-14-12-27-10-6-8-16(18(27)26-14)15-7-4-5-9-17(15)29-13-21(22,23)24/h4-10,12H,11,13H2,1-3H3,(H,25,28). The molecule has 2 heterocycles. The number of carbonyl (C=O) groups is 1. The van der Waals surface area contributed by atoms with Gasteiger partial charge in [0.1, 0.15) is 17.0 Å². The summed E-state index contributed by atoms with van der Waals surface area (Å²) in [5, 5.41) is 2.64. The minimum Gasteiger partial charge on any atom is -0.483 e. The molecule has 0 bridgehead atoms. The Morgan fingerprint density at radius 3 is 2.50 bits per heavy atom. The molecule has 9 heteroatoms. The number of hydrogen-bond donors (Lipinski definition) is 1. The van der Waals surface area contributed by atoms with E-state index in [9.17, 15) is 18.0 Å². The van der Waals surface area contributed by atoms with Gasteiger partial charge in [0.2, 0.25) is 0 Å². The highest BCUT2D eigenvalue weighted by molar-refractivity contribution is 5.81. The van der Waals surface area contributed by atoms with Gasteiger partial charge in [-0.15, -0.1) is 0 Å². The lowest BCUT2D eigenvalue weighted by Crippen LogP contribution is -2.32. The minimum absolute atomic E-state index is 0.111. The van der Waals surface area contributed by atoms with Crippen LogP contribution in [0.15, 0.2) is 48.8 Å². The second-order valence-electron chi connectivity index (χ2n) is 7.64. The number of alkyl carbamates (subject to hydrolysis) is 1. The first kappa shape index (κ1) is 21.5. The van der Waals surface area contributed by atoms with Crippen molar-refractivity contribution >= 4 is 11.7 Å². The first-order valence-electron chi connectivity index (χ1n) is 9.24. The molecule has 6 nitrogen and oxygen atoms in total. The number of hydrogen-bond acceptors (Lipinski definition) is 4. The fourth-order valence-electron chi connectivity index (χ4n) is 2.81. The first-order valence-corrected chi connectivity index (χ1v) is 9.24. The number of ether oxygens (including phenoxy) is 2. The van der Waals surface area contributed by atoms with E-state index in [1.54, 1.807) is 67.9 Å². The largest absolute Gasteiger partial charge is 0.483 e. The Bertz CT molecular complexity index is 1040. The molecule has 0 atom stereocenters. The molecule has 0 radical (unpaired) electrons. The van der Waals surface area contributed by atoms with Gasteiger partial charge >= 0.3 is 12.3 Å². The molecule has 3 rings (SSSR count). The van der Waals surface area contributed by atoms with Crippen molar-refractivity contribution in [3.05, 3.63) is 54.5 Å². The third kappa shape index (κ3) is 5.65. The summed E-state index contributed by atoms with van der Waals surface area (Å²) >= 11 is 0. The Kier molecular flexibility index (Phi) is 5.91. The minimum atomic E-state index is -4.44. The number of pyridine rings is 1. The zero-order valence-electron chi connectivity index (χ0n) is 16.8. The Hall–Kier alpha value is -3.23. The van der Waals surface area contributed by atoms with Crippen LogP contribution in [0.25, 0.3) is 16.8 Å². The highest BCUT2D eigenvalue weighted by Gasteiger charge is 2.29. The predicted octanol–water partition coefficient (Wildman–Crippen LogP) is 4.97. The molecule has 0 aliphatic rings. The van der Waals surface area contributed by atoms with Crippen LogP contribution in [0.1, 0.15) is 26.5 Å². The van der Waals surface area contributed by atoms with Gasteiger partial charge in [0, 0.05) is 23.5 Å². The molecular formula is C21H22F3N3O3. The van der Waals surface area contributed by atoms with Gasteiger partial charge in [-0.3, -0.25) is 0 Å². The maximum atomic E-state index is 12.6. The van der Waals surface area contributed by atoms with Crippen molar-refractivity contribution in [2.75, 3.05) is 6.61 Å². The van der Waals surface area contributed by atoms with E-state index in [2.05, 4.69) is 10.3 Å². The number of imidazole rings is 1. The van der Waals surface area contributed by atoms with Gasteiger partial charge in [0.25, 0.3) is 0 Å². The van der Waals surface area contributed by atoms with Crippen molar-refractivity contribution in [2.45, 2.75) is 39.1 Å².